The number of aromatic nitrogens is 2. The molecule has 0 fully saturated rings. The zero-order chi connectivity index (χ0) is 15.3. The first kappa shape index (κ1) is 16.5. The van der Waals surface area contributed by atoms with E-state index in [0.29, 0.717) is 17.8 Å². The van der Waals surface area contributed by atoms with Gasteiger partial charge in [0.25, 0.3) is 0 Å². The van der Waals surface area contributed by atoms with E-state index in [-0.39, 0.29) is 18.3 Å². The summed E-state index contributed by atoms with van der Waals surface area (Å²) < 4.78 is 38.1. The summed E-state index contributed by atoms with van der Waals surface area (Å²) in [5.74, 6) is 5.96. The van der Waals surface area contributed by atoms with E-state index in [1.807, 2.05) is 20.8 Å². The van der Waals surface area contributed by atoms with Crippen molar-refractivity contribution in [3.63, 3.8) is 0 Å². The minimum atomic E-state index is -4.29. The standard InChI is InChI=1S/C12H20F3N5/c1-4-5-20(6-12(13,14)15)11-9(8(2)3)10(19-16)17-7-18-11/h7-8H,4-6,16H2,1-3H3,(H,17,18,19). The molecule has 1 aromatic rings. The summed E-state index contributed by atoms with van der Waals surface area (Å²) in [6.07, 6.45) is -2.48. The van der Waals surface area contributed by atoms with Crippen molar-refractivity contribution in [3.8, 4) is 0 Å². The van der Waals surface area contributed by atoms with Crippen LogP contribution in [0.3, 0.4) is 0 Å². The lowest BCUT2D eigenvalue weighted by Gasteiger charge is -2.28. The molecule has 1 heterocycles. The smallest absolute Gasteiger partial charge is 0.347 e. The number of hydrogen-bond donors (Lipinski definition) is 2. The van der Waals surface area contributed by atoms with Gasteiger partial charge in [-0.15, -0.1) is 0 Å². The Balaban J connectivity index is 3.25. The maximum absolute atomic E-state index is 12.7. The van der Waals surface area contributed by atoms with Crippen LogP contribution < -0.4 is 16.2 Å². The molecule has 1 rings (SSSR count). The third-order valence-electron chi connectivity index (χ3n) is 2.74. The number of anilines is 2. The van der Waals surface area contributed by atoms with Crippen molar-refractivity contribution in [1.29, 1.82) is 0 Å². The lowest BCUT2D eigenvalue weighted by atomic mass is 10.0. The maximum atomic E-state index is 12.7. The van der Waals surface area contributed by atoms with Gasteiger partial charge in [-0.2, -0.15) is 13.2 Å². The molecule has 0 amide bonds. The Morgan fingerprint density at radius 2 is 2.00 bits per heavy atom. The number of hydrazine groups is 1. The molecule has 0 aliphatic heterocycles. The zero-order valence-corrected chi connectivity index (χ0v) is 11.8. The minimum absolute atomic E-state index is 0.0511. The fourth-order valence-electron chi connectivity index (χ4n) is 2.03. The molecule has 8 heteroatoms. The van der Waals surface area contributed by atoms with Gasteiger partial charge in [0.05, 0.1) is 0 Å². The van der Waals surface area contributed by atoms with E-state index in [0.717, 1.165) is 0 Å². The van der Waals surface area contributed by atoms with Gasteiger partial charge in [0, 0.05) is 12.1 Å². The summed E-state index contributed by atoms with van der Waals surface area (Å²) >= 11 is 0. The van der Waals surface area contributed by atoms with E-state index in [9.17, 15) is 13.2 Å². The highest BCUT2D eigenvalue weighted by Gasteiger charge is 2.32. The zero-order valence-electron chi connectivity index (χ0n) is 11.8. The lowest BCUT2D eigenvalue weighted by Crippen LogP contribution is -2.36. The number of nitrogens with two attached hydrogens (primary N) is 1. The molecule has 5 nitrogen and oxygen atoms in total. The fourth-order valence-corrected chi connectivity index (χ4v) is 2.03. The Morgan fingerprint density at radius 1 is 1.35 bits per heavy atom. The fraction of sp³-hybridized carbons (Fsp3) is 0.667. The Labute approximate surface area is 116 Å². The van der Waals surface area contributed by atoms with E-state index < -0.39 is 12.7 Å². The molecule has 0 spiro atoms. The van der Waals surface area contributed by atoms with Crippen LogP contribution in [0.5, 0.6) is 0 Å². The normalized spacial score (nSPS) is 11.8. The highest BCUT2D eigenvalue weighted by Crippen LogP contribution is 2.32. The molecule has 0 radical (unpaired) electrons. The molecular weight excluding hydrogens is 271 g/mol. The third kappa shape index (κ3) is 4.22. The Morgan fingerprint density at radius 3 is 2.45 bits per heavy atom. The molecule has 0 saturated carbocycles. The van der Waals surface area contributed by atoms with Crippen molar-refractivity contribution in [3.05, 3.63) is 11.9 Å². The molecule has 0 saturated heterocycles. The molecule has 20 heavy (non-hydrogen) atoms. The Hall–Kier alpha value is -1.57. The summed E-state index contributed by atoms with van der Waals surface area (Å²) in [5.41, 5.74) is 3.01. The van der Waals surface area contributed by atoms with Gasteiger partial charge >= 0.3 is 6.18 Å². The summed E-state index contributed by atoms with van der Waals surface area (Å²) in [6.45, 7) is 4.77. The molecular formula is C12H20F3N5. The summed E-state index contributed by atoms with van der Waals surface area (Å²) in [7, 11) is 0. The van der Waals surface area contributed by atoms with Crippen LogP contribution >= 0.6 is 0 Å². The van der Waals surface area contributed by atoms with Crippen LogP contribution in [0, 0.1) is 0 Å². The quantitative estimate of drug-likeness (QED) is 0.623. The first-order valence-electron chi connectivity index (χ1n) is 6.43. The van der Waals surface area contributed by atoms with Crippen molar-refractivity contribution >= 4 is 11.6 Å². The molecule has 0 atom stereocenters. The number of alkyl halides is 3. The molecule has 3 N–H and O–H groups in total. The van der Waals surface area contributed by atoms with E-state index in [1.165, 1.54) is 11.2 Å². The lowest BCUT2D eigenvalue weighted by molar-refractivity contribution is -0.119. The first-order valence-corrected chi connectivity index (χ1v) is 6.43. The number of rotatable bonds is 6. The molecule has 0 aliphatic rings. The van der Waals surface area contributed by atoms with Crippen LogP contribution in [0.2, 0.25) is 0 Å². The highest BCUT2D eigenvalue weighted by molar-refractivity contribution is 5.60. The summed E-state index contributed by atoms with van der Waals surface area (Å²) in [4.78, 5) is 9.21. The molecule has 1 aromatic heterocycles. The van der Waals surface area contributed by atoms with Gasteiger partial charge < -0.3 is 10.3 Å². The van der Waals surface area contributed by atoms with E-state index in [1.54, 1.807) is 0 Å². The monoisotopic (exact) mass is 291 g/mol. The van der Waals surface area contributed by atoms with Gasteiger partial charge in [-0.05, 0) is 12.3 Å². The number of halogens is 3. The van der Waals surface area contributed by atoms with Crippen molar-refractivity contribution in [2.24, 2.45) is 5.84 Å². The first-order chi connectivity index (χ1) is 9.30. The van der Waals surface area contributed by atoms with Gasteiger partial charge in [-0.3, -0.25) is 0 Å². The van der Waals surface area contributed by atoms with Crippen molar-refractivity contribution < 1.29 is 13.2 Å². The van der Waals surface area contributed by atoms with Crippen LogP contribution in [-0.2, 0) is 0 Å². The summed E-state index contributed by atoms with van der Waals surface area (Å²) in [6, 6.07) is 0. The largest absolute Gasteiger partial charge is 0.405 e. The predicted octanol–water partition coefficient (Wildman–Crippen LogP) is 2.66. The molecule has 0 unspecified atom stereocenters. The van der Waals surface area contributed by atoms with Gasteiger partial charge in [-0.25, -0.2) is 15.8 Å². The minimum Gasteiger partial charge on any atom is -0.347 e. The Bertz CT molecular complexity index is 434. The van der Waals surface area contributed by atoms with Crippen LogP contribution in [0.15, 0.2) is 6.33 Å². The third-order valence-corrected chi connectivity index (χ3v) is 2.74. The van der Waals surface area contributed by atoms with Crippen molar-refractivity contribution in [2.75, 3.05) is 23.4 Å². The number of hydrogen-bond acceptors (Lipinski definition) is 5. The molecule has 0 bridgehead atoms. The van der Waals surface area contributed by atoms with E-state index in [4.69, 9.17) is 5.84 Å². The van der Waals surface area contributed by atoms with Crippen LogP contribution in [0.25, 0.3) is 0 Å². The average molecular weight is 291 g/mol. The van der Waals surface area contributed by atoms with Crippen LogP contribution in [-0.4, -0.2) is 29.2 Å². The molecule has 114 valence electrons. The van der Waals surface area contributed by atoms with E-state index in [2.05, 4.69) is 15.4 Å². The van der Waals surface area contributed by atoms with Gasteiger partial charge in [0.15, 0.2) is 0 Å². The number of nitrogens with zero attached hydrogens (tertiary/aromatic N) is 3. The Kier molecular flexibility index (Phi) is 5.55. The maximum Gasteiger partial charge on any atom is 0.405 e. The molecule has 0 aliphatic carbocycles. The van der Waals surface area contributed by atoms with Gasteiger partial charge in [0.1, 0.15) is 24.5 Å². The highest BCUT2D eigenvalue weighted by atomic mass is 19.4. The molecule has 0 aromatic carbocycles. The van der Waals surface area contributed by atoms with Crippen molar-refractivity contribution in [2.45, 2.75) is 39.3 Å². The second-order valence-electron chi connectivity index (χ2n) is 4.80. The predicted molar refractivity (Wildman–Crippen MR) is 72.5 cm³/mol. The van der Waals surface area contributed by atoms with Crippen LogP contribution in [0.4, 0.5) is 24.8 Å². The second-order valence-corrected chi connectivity index (χ2v) is 4.80. The topological polar surface area (TPSA) is 67.1 Å². The van der Waals surface area contributed by atoms with Crippen LogP contribution in [0.1, 0.15) is 38.7 Å². The number of nitrogen functional groups attached to an aromatic ring is 1. The van der Waals surface area contributed by atoms with Gasteiger partial charge in [0.2, 0.25) is 0 Å². The van der Waals surface area contributed by atoms with Crippen molar-refractivity contribution in [1.82, 2.24) is 9.97 Å². The second kappa shape index (κ2) is 6.74. The van der Waals surface area contributed by atoms with Gasteiger partial charge in [-0.1, -0.05) is 20.8 Å². The van der Waals surface area contributed by atoms with E-state index >= 15 is 0 Å². The summed E-state index contributed by atoms with van der Waals surface area (Å²) in [5, 5.41) is 0. The average Bonchev–Trinajstić information content (AvgIpc) is 2.35. The SMILES string of the molecule is CCCN(CC(F)(F)F)c1ncnc(NN)c1C(C)C. The number of nitrogens with one attached hydrogen (secondary N) is 1.